The SMILES string of the molecule is OC(c1ccc(-c2ccccc2)cc1)C1CCCS1. The van der Waals surface area contributed by atoms with E-state index in [0.717, 1.165) is 12.0 Å². The summed E-state index contributed by atoms with van der Waals surface area (Å²) in [6.45, 7) is 0. The predicted molar refractivity (Wildman–Crippen MR) is 82.3 cm³/mol. The van der Waals surface area contributed by atoms with Gasteiger partial charge in [-0.15, -0.1) is 0 Å². The first-order chi connectivity index (χ1) is 9.34. The summed E-state index contributed by atoms with van der Waals surface area (Å²) in [5.41, 5.74) is 3.47. The lowest BCUT2D eigenvalue weighted by atomic mass is 9.99. The zero-order valence-electron chi connectivity index (χ0n) is 10.8. The molecule has 2 atom stereocenters. The number of hydrogen-bond donors (Lipinski definition) is 1. The molecule has 0 aromatic heterocycles. The maximum absolute atomic E-state index is 10.4. The first kappa shape index (κ1) is 12.8. The van der Waals surface area contributed by atoms with Gasteiger partial charge in [0.15, 0.2) is 0 Å². The molecular formula is C17H18OS. The van der Waals surface area contributed by atoms with Crippen LogP contribution in [0.5, 0.6) is 0 Å². The summed E-state index contributed by atoms with van der Waals surface area (Å²) in [5, 5.41) is 10.7. The minimum atomic E-state index is -0.322. The molecule has 3 rings (SSSR count). The molecule has 2 heteroatoms. The van der Waals surface area contributed by atoms with Crippen LogP contribution in [0.25, 0.3) is 11.1 Å². The lowest BCUT2D eigenvalue weighted by Crippen LogP contribution is -2.11. The summed E-state index contributed by atoms with van der Waals surface area (Å²) in [7, 11) is 0. The van der Waals surface area contributed by atoms with Crippen LogP contribution in [0.4, 0.5) is 0 Å². The van der Waals surface area contributed by atoms with Crippen molar-refractivity contribution in [2.24, 2.45) is 0 Å². The van der Waals surface area contributed by atoms with E-state index < -0.39 is 0 Å². The van der Waals surface area contributed by atoms with Crippen molar-refractivity contribution in [3.05, 3.63) is 60.2 Å². The fourth-order valence-corrected chi connectivity index (χ4v) is 3.88. The molecule has 0 bridgehead atoms. The fraction of sp³-hybridized carbons (Fsp3) is 0.294. The smallest absolute Gasteiger partial charge is 0.0908 e. The number of aliphatic hydroxyl groups excluding tert-OH is 1. The van der Waals surface area contributed by atoms with E-state index in [1.807, 2.05) is 30.0 Å². The predicted octanol–water partition coefficient (Wildman–Crippen LogP) is 4.28. The first-order valence-corrected chi connectivity index (χ1v) is 7.84. The van der Waals surface area contributed by atoms with Crippen LogP contribution in [-0.4, -0.2) is 16.1 Å². The highest BCUT2D eigenvalue weighted by Crippen LogP contribution is 2.36. The Labute approximate surface area is 118 Å². The van der Waals surface area contributed by atoms with Crippen LogP contribution in [0.3, 0.4) is 0 Å². The van der Waals surface area contributed by atoms with Crippen LogP contribution >= 0.6 is 11.8 Å². The third-order valence-corrected chi connectivity index (χ3v) is 5.12. The normalized spacial score (nSPS) is 20.4. The van der Waals surface area contributed by atoms with Crippen LogP contribution in [0, 0.1) is 0 Å². The summed E-state index contributed by atoms with van der Waals surface area (Å²) in [5.74, 6) is 1.18. The molecule has 2 aromatic rings. The Morgan fingerprint density at radius 1 is 0.947 bits per heavy atom. The standard InChI is InChI=1S/C17H18OS/c18-17(16-7-4-12-19-16)15-10-8-14(9-11-15)13-5-2-1-3-6-13/h1-3,5-6,8-11,16-18H,4,7,12H2. The molecule has 1 nitrogen and oxygen atoms in total. The van der Waals surface area contributed by atoms with Gasteiger partial charge >= 0.3 is 0 Å². The minimum Gasteiger partial charge on any atom is -0.387 e. The quantitative estimate of drug-likeness (QED) is 0.898. The summed E-state index contributed by atoms with van der Waals surface area (Å²) in [6, 6.07) is 18.7. The zero-order valence-corrected chi connectivity index (χ0v) is 11.6. The number of rotatable bonds is 3. The van der Waals surface area contributed by atoms with Crippen molar-refractivity contribution >= 4 is 11.8 Å². The maximum Gasteiger partial charge on any atom is 0.0908 e. The van der Waals surface area contributed by atoms with Crippen LogP contribution in [0.15, 0.2) is 54.6 Å². The van der Waals surface area contributed by atoms with E-state index in [0.29, 0.717) is 5.25 Å². The molecule has 0 amide bonds. The van der Waals surface area contributed by atoms with Crippen LogP contribution in [-0.2, 0) is 0 Å². The van der Waals surface area contributed by atoms with Crippen molar-refractivity contribution in [1.82, 2.24) is 0 Å². The molecule has 1 fully saturated rings. The summed E-state index contributed by atoms with van der Waals surface area (Å²) in [6.07, 6.45) is 2.04. The third-order valence-electron chi connectivity index (χ3n) is 3.68. The van der Waals surface area contributed by atoms with E-state index in [2.05, 4.69) is 36.4 Å². The second kappa shape index (κ2) is 5.81. The van der Waals surface area contributed by atoms with Gasteiger partial charge < -0.3 is 5.11 Å². The second-order valence-corrected chi connectivity index (χ2v) is 6.33. The largest absolute Gasteiger partial charge is 0.387 e. The van der Waals surface area contributed by atoms with Gasteiger partial charge in [-0.25, -0.2) is 0 Å². The molecule has 0 saturated carbocycles. The Morgan fingerprint density at radius 2 is 1.63 bits per heavy atom. The number of aliphatic hydroxyl groups is 1. The molecule has 2 unspecified atom stereocenters. The monoisotopic (exact) mass is 270 g/mol. The minimum absolute atomic E-state index is 0.322. The lowest BCUT2D eigenvalue weighted by Gasteiger charge is -2.17. The number of hydrogen-bond acceptors (Lipinski definition) is 2. The van der Waals surface area contributed by atoms with Gasteiger partial charge in [-0.2, -0.15) is 11.8 Å². The van der Waals surface area contributed by atoms with E-state index >= 15 is 0 Å². The van der Waals surface area contributed by atoms with Gasteiger partial charge in [-0.3, -0.25) is 0 Å². The Balaban J connectivity index is 1.79. The molecule has 1 heterocycles. The molecule has 1 saturated heterocycles. The molecule has 1 aliphatic heterocycles. The van der Waals surface area contributed by atoms with E-state index in [1.54, 1.807) is 0 Å². The zero-order chi connectivity index (χ0) is 13.1. The van der Waals surface area contributed by atoms with E-state index in [9.17, 15) is 5.11 Å². The average Bonchev–Trinajstić information content (AvgIpc) is 3.02. The van der Waals surface area contributed by atoms with Gasteiger partial charge in [0, 0.05) is 5.25 Å². The summed E-state index contributed by atoms with van der Waals surface area (Å²) >= 11 is 1.90. The highest BCUT2D eigenvalue weighted by Gasteiger charge is 2.24. The molecule has 2 aromatic carbocycles. The van der Waals surface area contributed by atoms with E-state index in [-0.39, 0.29) is 6.10 Å². The first-order valence-electron chi connectivity index (χ1n) is 6.79. The summed E-state index contributed by atoms with van der Waals surface area (Å²) in [4.78, 5) is 0. The second-order valence-electron chi connectivity index (χ2n) is 4.98. The molecule has 0 spiro atoms. The fourth-order valence-electron chi connectivity index (χ4n) is 2.57. The van der Waals surface area contributed by atoms with E-state index in [4.69, 9.17) is 0 Å². The van der Waals surface area contributed by atoms with Gasteiger partial charge in [0.05, 0.1) is 6.10 Å². The highest BCUT2D eigenvalue weighted by molar-refractivity contribution is 8.00. The number of benzene rings is 2. The Morgan fingerprint density at radius 3 is 2.26 bits per heavy atom. The van der Waals surface area contributed by atoms with Crippen LogP contribution in [0.1, 0.15) is 24.5 Å². The van der Waals surface area contributed by atoms with Crippen LogP contribution < -0.4 is 0 Å². The summed E-state index contributed by atoms with van der Waals surface area (Å²) < 4.78 is 0. The number of thioether (sulfide) groups is 1. The maximum atomic E-state index is 10.4. The van der Waals surface area contributed by atoms with Gasteiger partial charge in [0.25, 0.3) is 0 Å². The van der Waals surface area contributed by atoms with Crippen LogP contribution in [0.2, 0.25) is 0 Å². The molecule has 1 N–H and O–H groups in total. The molecular weight excluding hydrogens is 252 g/mol. The third kappa shape index (κ3) is 2.85. The van der Waals surface area contributed by atoms with E-state index in [1.165, 1.54) is 23.3 Å². The molecule has 1 aliphatic rings. The Hall–Kier alpha value is -1.25. The van der Waals surface area contributed by atoms with Gasteiger partial charge in [-0.05, 0) is 35.3 Å². The highest BCUT2D eigenvalue weighted by atomic mass is 32.2. The molecule has 0 aliphatic carbocycles. The average molecular weight is 270 g/mol. The van der Waals surface area contributed by atoms with Crippen molar-refractivity contribution in [3.63, 3.8) is 0 Å². The van der Waals surface area contributed by atoms with Crippen molar-refractivity contribution in [3.8, 4) is 11.1 Å². The van der Waals surface area contributed by atoms with Crippen molar-refractivity contribution in [2.75, 3.05) is 5.75 Å². The van der Waals surface area contributed by atoms with Gasteiger partial charge in [0.1, 0.15) is 0 Å². The topological polar surface area (TPSA) is 20.2 Å². The molecule has 19 heavy (non-hydrogen) atoms. The van der Waals surface area contributed by atoms with Gasteiger partial charge in [-0.1, -0.05) is 54.6 Å². The van der Waals surface area contributed by atoms with Crippen molar-refractivity contribution < 1.29 is 5.11 Å². The lowest BCUT2D eigenvalue weighted by molar-refractivity contribution is 0.173. The Bertz CT molecular complexity index is 515. The Kier molecular flexibility index (Phi) is 3.90. The van der Waals surface area contributed by atoms with Crippen molar-refractivity contribution in [2.45, 2.75) is 24.2 Å². The molecule has 0 radical (unpaired) electrons. The van der Waals surface area contributed by atoms with Gasteiger partial charge in [0.2, 0.25) is 0 Å². The molecule has 98 valence electrons. The van der Waals surface area contributed by atoms with Crippen molar-refractivity contribution in [1.29, 1.82) is 0 Å².